The van der Waals surface area contributed by atoms with E-state index >= 15 is 0 Å². The fourth-order valence-corrected chi connectivity index (χ4v) is 2.45. The zero-order chi connectivity index (χ0) is 24.4. The predicted octanol–water partition coefficient (Wildman–Crippen LogP) is -4.93. The number of aliphatic carboxylic acids is 1. The van der Waals surface area contributed by atoms with Crippen molar-refractivity contribution >= 4 is 29.6 Å². The van der Waals surface area contributed by atoms with Crippen molar-refractivity contribution in [2.75, 3.05) is 6.61 Å². The molecular weight excluding hydrogens is 430 g/mol. The van der Waals surface area contributed by atoms with Gasteiger partial charge in [0, 0.05) is 18.3 Å². The van der Waals surface area contributed by atoms with Crippen LogP contribution in [-0.4, -0.2) is 91.8 Å². The molecule has 4 amide bonds. The Hall–Kier alpha value is -3.56. The molecule has 1 heterocycles. The van der Waals surface area contributed by atoms with E-state index in [2.05, 4.69) is 25.9 Å². The Morgan fingerprint density at radius 3 is 2.09 bits per heavy atom. The topological polar surface area (TPSA) is 263 Å². The summed E-state index contributed by atoms with van der Waals surface area (Å²) in [6, 6.07) is -5.98. The number of rotatable bonds is 13. The van der Waals surface area contributed by atoms with Crippen LogP contribution in [0.1, 0.15) is 19.0 Å². The minimum Gasteiger partial charge on any atom is -0.480 e. The first-order chi connectivity index (χ1) is 15.0. The normalized spacial score (nSPS) is 15.5. The summed E-state index contributed by atoms with van der Waals surface area (Å²) in [5.74, 6) is -5.40. The van der Waals surface area contributed by atoms with Crippen LogP contribution in [0.25, 0.3) is 0 Å². The Kier molecular flexibility index (Phi) is 10.2. The van der Waals surface area contributed by atoms with Crippen molar-refractivity contribution in [3.63, 3.8) is 0 Å². The first-order valence-electron chi connectivity index (χ1n) is 9.40. The van der Waals surface area contributed by atoms with Crippen LogP contribution in [0.3, 0.4) is 0 Å². The largest absolute Gasteiger partial charge is 0.480 e. The van der Waals surface area contributed by atoms with Crippen LogP contribution in [0.2, 0.25) is 0 Å². The molecule has 1 aromatic heterocycles. The van der Waals surface area contributed by atoms with Gasteiger partial charge in [-0.2, -0.15) is 0 Å². The van der Waals surface area contributed by atoms with Crippen molar-refractivity contribution in [1.29, 1.82) is 0 Å². The van der Waals surface area contributed by atoms with Crippen molar-refractivity contribution in [1.82, 2.24) is 25.9 Å². The van der Waals surface area contributed by atoms with Crippen LogP contribution in [0, 0.1) is 0 Å². The maximum atomic E-state index is 12.5. The van der Waals surface area contributed by atoms with E-state index in [0.717, 1.165) is 0 Å². The molecule has 0 aliphatic rings. The Morgan fingerprint density at radius 2 is 1.62 bits per heavy atom. The molecule has 5 atom stereocenters. The van der Waals surface area contributed by atoms with Gasteiger partial charge in [-0.3, -0.25) is 19.2 Å². The number of aliphatic hydroxyl groups is 2. The number of nitrogens with two attached hydrogens (primary N) is 2. The number of hydrogen-bond acceptors (Lipinski definition) is 9. The second-order valence-corrected chi connectivity index (χ2v) is 6.92. The van der Waals surface area contributed by atoms with Crippen molar-refractivity contribution in [3.05, 3.63) is 18.2 Å². The number of H-pyrrole nitrogens is 1. The Bertz CT molecular complexity index is 814. The number of primary amides is 1. The Labute approximate surface area is 181 Å². The van der Waals surface area contributed by atoms with Gasteiger partial charge < -0.3 is 47.7 Å². The summed E-state index contributed by atoms with van der Waals surface area (Å²) in [4.78, 5) is 66.0. The van der Waals surface area contributed by atoms with Gasteiger partial charge in [0.25, 0.3) is 0 Å². The fraction of sp³-hybridized carbons (Fsp3) is 0.529. The zero-order valence-electron chi connectivity index (χ0n) is 17.1. The number of nitrogens with zero attached hydrogens (tertiary/aromatic N) is 1. The van der Waals surface area contributed by atoms with E-state index in [1.54, 1.807) is 0 Å². The van der Waals surface area contributed by atoms with E-state index in [-0.39, 0.29) is 6.42 Å². The molecule has 0 bridgehead atoms. The fourth-order valence-electron chi connectivity index (χ4n) is 2.45. The molecule has 1 aromatic rings. The second-order valence-electron chi connectivity index (χ2n) is 6.92. The molecule has 11 N–H and O–H groups in total. The summed E-state index contributed by atoms with van der Waals surface area (Å²) in [5.41, 5.74) is 11.0. The molecule has 0 radical (unpaired) electrons. The molecule has 15 heteroatoms. The van der Waals surface area contributed by atoms with E-state index in [0.29, 0.717) is 5.69 Å². The van der Waals surface area contributed by atoms with E-state index in [1.165, 1.54) is 19.4 Å². The van der Waals surface area contributed by atoms with Crippen molar-refractivity contribution in [2.24, 2.45) is 11.5 Å². The molecular formula is C17H27N7O8. The van der Waals surface area contributed by atoms with Crippen LogP contribution < -0.4 is 27.4 Å². The van der Waals surface area contributed by atoms with Crippen LogP contribution >= 0.6 is 0 Å². The number of carboxylic acids is 1. The molecule has 0 saturated heterocycles. The smallest absolute Gasteiger partial charge is 0.326 e. The minimum atomic E-state index is -1.61. The van der Waals surface area contributed by atoms with Gasteiger partial charge in [-0.15, -0.1) is 0 Å². The predicted molar refractivity (Wildman–Crippen MR) is 106 cm³/mol. The molecule has 0 spiro atoms. The minimum absolute atomic E-state index is 0.148. The monoisotopic (exact) mass is 457 g/mol. The molecule has 178 valence electrons. The molecule has 0 fully saturated rings. The molecule has 0 aromatic carbocycles. The highest BCUT2D eigenvalue weighted by atomic mass is 16.4. The number of aromatic amines is 1. The SMILES string of the molecule is CC(O)C(N)C(=O)NC(CC(N)=O)C(=O)NC(CO)C(=O)NC(Cc1cnc[nH]1)C(=O)O. The molecule has 32 heavy (non-hydrogen) atoms. The Balaban J connectivity index is 2.86. The number of amides is 4. The van der Waals surface area contributed by atoms with Crippen LogP contribution in [0.15, 0.2) is 12.5 Å². The highest BCUT2D eigenvalue weighted by Gasteiger charge is 2.31. The van der Waals surface area contributed by atoms with E-state index in [4.69, 9.17) is 11.5 Å². The highest BCUT2D eigenvalue weighted by Crippen LogP contribution is 2.01. The lowest BCUT2D eigenvalue weighted by atomic mass is 10.1. The Morgan fingerprint density at radius 1 is 1.06 bits per heavy atom. The standard InChI is InChI=1S/C17H27N7O8/c1-7(26)13(19)16(30)22-9(3-12(18)27)14(28)24-11(5-25)15(29)23-10(17(31)32)2-8-4-20-6-21-8/h4,6-7,9-11,13,25-26H,2-3,5,19H2,1H3,(H2,18,27)(H,20,21)(H,22,30)(H,23,29)(H,24,28)(H,31,32). The summed E-state index contributed by atoms with van der Waals surface area (Å²) < 4.78 is 0. The van der Waals surface area contributed by atoms with Crippen LogP contribution in [-0.2, 0) is 30.4 Å². The third kappa shape index (κ3) is 8.29. The summed E-state index contributed by atoms with van der Waals surface area (Å²) in [6.07, 6.45) is 0.615. The number of carboxylic acid groups (broad SMARTS) is 1. The lowest BCUT2D eigenvalue weighted by Gasteiger charge is -2.24. The third-order valence-corrected chi connectivity index (χ3v) is 4.27. The second kappa shape index (κ2) is 12.3. The number of carbonyl (C=O) groups is 5. The van der Waals surface area contributed by atoms with E-state index in [9.17, 15) is 39.3 Å². The average Bonchev–Trinajstić information content (AvgIpc) is 3.22. The van der Waals surface area contributed by atoms with Crippen molar-refractivity contribution in [3.8, 4) is 0 Å². The third-order valence-electron chi connectivity index (χ3n) is 4.27. The number of carbonyl (C=O) groups excluding carboxylic acids is 4. The molecule has 5 unspecified atom stereocenters. The first-order valence-corrected chi connectivity index (χ1v) is 9.40. The molecule has 0 saturated carbocycles. The maximum absolute atomic E-state index is 12.5. The highest BCUT2D eigenvalue weighted by molar-refractivity contribution is 5.96. The maximum Gasteiger partial charge on any atom is 0.326 e. The van der Waals surface area contributed by atoms with Gasteiger partial charge in [0.1, 0.15) is 24.2 Å². The molecule has 0 aliphatic carbocycles. The van der Waals surface area contributed by atoms with Gasteiger partial charge in [0.2, 0.25) is 23.6 Å². The summed E-state index contributed by atoms with van der Waals surface area (Å²) in [6.45, 7) is 0.320. The molecule has 15 nitrogen and oxygen atoms in total. The average molecular weight is 457 g/mol. The molecule has 1 rings (SSSR count). The quantitative estimate of drug-likeness (QED) is 0.136. The summed E-state index contributed by atoms with van der Waals surface area (Å²) >= 11 is 0. The molecule has 0 aliphatic heterocycles. The van der Waals surface area contributed by atoms with E-state index in [1.807, 2.05) is 0 Å². The number of nitrogens with one attached hydrogen (secondary N) is 4. The number of aliphatic hydroxyl groups excluding tert-OH is 2. The van der Waals surface area contributed by atoms with Crippen molar-refractivity contribution < 1.29 is 39.3 Å². The number of imidazole rings is 1. The van der Waals surface area contributed by atoms with Crippen LogP contribution in [0.4, 0.5) is 0 Å². The lowest BCUT2D eigenvalue weighted by Crippen LogP contribution is -2.59. The first kappa shape index (κ1) is 26.5. The number of hydrogen-bond donors (Lipinski definition) is 9. The van der Waals surface area contributed by atoms with Crippen molar-refractivity contribution in [2.45, 2.75) is 50.0 Å². The summed E-state index contributed by atoms with van der Waals surface area (Å²) in [5, 5.41) is 34.6. The van der Waals surface area contributed by atoms with E-state index < -0.39 is 72.9 Å². The van der Waals surface area contributed by atoms with Gasteiger partial charge in [-0.05, 0) is 6.92 Å². The lowest BCUT2D eigenvalue weighted by molar-refractivity contribution is -0.142. The van der Waals surface area contributed by atoms with Gasteiger partial charge in [-0.1, -0.05) is 0 Å². The summed E-state index contributed by atoms with van der Waals surface area (Å²) in [7, 11) is 0. The van der Waals surface area contributed by atoms with Crippen LogP contribution in [0.5, 0.6) is 0 Å². The van der Waals surface area contributed by atoms with Gasteiger partial charge >= 0.3 is 5.97 Å². The van der Waals surface area contributed by atoms with Gasteiger partial charge in [-0.25, -0.2) is 9.78 Å². The zero-order valence-corrected chi connectivity index (χ0v) is 17.1. The number of aromatic nitrogens is 2. The van der Waals surface area contributed by atoms with Gasteiger partial charge in [0.05, 0.1) is 25.5 Å². The van der Waals surface area contributed by atoms with Gasteiger partial charge in [0.15, 0.2) is 0 Å².